The Labute approximate surface area is 139 Å². The van der Waals surface area contributed by atoms with E-state index in [4.69, 9.17) is 0 Å². The standard InChI is InChI=1S/C6H10.C5H5.C2H7N.4CH3.Ti/c1-4-6(3)5-2;1-2-4-5-3-1;1-3-2;;;;;/h4-5H,1H2,2-3H3;1-3H,4H2;3H,1-2H3;4*1H3;/q;-1;;4*-1;. The van der Waals surface area contributed by atoms with Crippen molar-refractivity contribution in [1.29, 1.82) is 0 Å². The van der Waals surface area contributed by atoms with E-state index >= 15 is 0 Å². The van der Waals surface area contributed by atoms with Crippen LogP contribution in [0.1, 0.15) is 20.3 Å². The van der Waals surface area contributed by atoms with Gasteiger partial charge in [0.2, 0.25) is 0 Å². The molecule has 19 heavy (non-hydrogen) atoms. The second-order valence-electron chi connectivity index (χ2n) is 2.74. The fourth-order valence-electron chi connectivity index (χ4n) is 0.458. The van der Waals surface area contributed by atoms with E-state index in [-0.39, 0.29) is 51.4 Å². The van der Waals surface area contributed by atoms with Crippen molar-refractivity contribution in [2.45, 2.75) is 20.3 Å². The van der Waals surface area contributed by atoms with Crippen LogP contribution in [0.5, 0.6) is 0 Å². The van der Waals surface area contributed by atoms with Crippen LogP contribution < -0.4 is 5.32 Å². The molecule has 1 aliphatic rings. The van der Waals surface area contributed by atoms with Crippen LogP contribution in [-0.4, -0.2) is 14.1 Å². The molecule has 0 aromatic rings. The van der Waals surface area contributed by atoms with E-state index in [9.17, 15) is 0 Å². The van der Waals surface area contributed by atoms with Crippen molar-refractivity contribution in [3.63, 3.8) is 0 Å². The number of nitrogens with one attached hydrogen (secondary N) is 1. The zero-order valence-electron chi connectivity index (χ0n) is 14.3. The summed E-state index contributed by atoms with van der Waals surface area (Å²) in [5.41, 5.74) is 1.23. The minimum Gasteiger partial charge on any atom is -0.358 e. The zero-order chi connectivity index (χ0) is 11.2. The van der Waals surface area contributed by atoms with E-state index < -0.39 is 0 Å². The topological polar surface area (TPSA) is 12.0 Å². The van der Waals surface area contributed by atoms with Crippen molar-refractivity contribution in [2.75, 3.05) is 14.1 Å². The third-order valence-corrected chi connectivity index (χ3v) is 1.36. The van der Waals surface area contributed by atoms with Crippen LogP contribution in [0.15, 0.2) is 42.5 Å². The molecule has 0 fully saturated rings. The maximum absolute atomic E-state index is 3.56. The first-order chi connectivity index (χ1) is 6.72. The Hall–Kier alpha value is -0.366. The van der Waals surface area contributed by atoms with Crippen LogP contribution in [0.3, 0.4) is 0 Å². The Balaban J connectivity index is -0.0000000208. The second-order valence-corrected chi connectivity index (χ2v) is 2.74. The molecule has 0 aromatic carbocycles. The fourth-order valence-corrected chi connectivity index (χ4v) is 0.458. The minimum atomic E-state index is 0. The third-order valence-electron chi connectivity index (χ3n) is 1.36. The van der Waals surface area contributed by atoms with Gasteiger partial charge in [0, 0.05) is 21.7 Å². The summed E-state index contributed by atoms with van der Waals surface area (Å²) in [6.45, 7) is 7.58. The normalized spacial score (nSPS) is 9.16. The predicted octanol–water partition coefficient (Wildman–Crippen LogP) is 5.08. The maximum atomic E-state index is 3.56. The summed E-state index contributed by atoms with van der Waals surface area (Å²) in [5.74, 6) is 0. The average molecular weight is 300 g/mol. The Morgan fingerprint density at radius 2 is 1.63 bits per heavy atom. The molecule has 0 aromatic heterocycles. The molecule has 0 heterocycles. The molecule has 0 amide bonds. The van der Waals surface area contributed by atoms with Gasteiger partial charge in [-0.2, -0.15) is 6.08 Å². The van der Waals surface area contributed by atoms with Crippen molar-refractivity contribution < 1.29 is 21.7 Å². The molecular formula is C17H34NTi-5. The molecule has 0 aliphatic heterocycles. The van der Waals surface area contributed by atoms with Crippen LogP contribution in [0.25, 0.3) is 0 Å². The van der Waals surface area contributed by atoms with Gasteiger partial charge in [0.15, 0.2) is 0 Å². The van der Waals surface area contributed by atoms with Crippen LogP contribution >= 0.6 is 0 Å². The first kappa shape index (κ1) is 42.8. The van der Waals surface area contributed by atoms with Crippen molar-refractivity contribution in [3.8, 4) is 0 Å². The largest absolute Gasteiger partial charge is 0.358 e. The van der Waals surface area contributed by atoms with Crippen molar-refractivity contribution >= 4 is 0 Å². The van der Waals surface area contributed by atoms with Gasteiger partial charge in [-0.15, -0.1) is 6.42 Å². The van der Waals surface area contributed by atoms with Gasteiger partial charge in [0.25, 0.3) is 0 Å². The summed E-state index contributed by atoms with van der Waals surface area (Å²) in [4.78, 5) is 0. The van der Waals surface area contributed by atoms with Gasteiger partial charge >= 0.3 is 0 Å². The predicted molar refractivity (Wildman–Crippen MR) is 91.8 cm³/mol. The van der Waals surface area contributed by atoms with Crippen LogP contribution in [0, 0.1) is 35.8 Å². The molecule has 0 atom stereocenters. The number of rotatable bonds is 1. The summed E-state index contributed by atoms with van der Waals surface area (Å²) < 4.78 is 0. The Morgan fingerprint density at radius 1 is 1.21 bits per heavy atom. The van der Waals surface area contributed by atoms with Crippen LogP contribution in [0.2, 0.25) is 0 Å². The van der Waals surface area contributed by atoms with E-state index in [1.807, 2.05) is 52.2 Å². The van der Waals surface area contributed by atoms with Gasteiger partial charge in [-0.25, -0.2) is 12.2 Å². The number of hydrogen-bond donors (Lipinski definition) is 1. The van der Waals surface area contributed by atoms with Crippen LogP contribution in [-0.2, 0) is 21.7 Å². The zero-order valence-corrected chi connectivity index (χ0v) is 15.9. The summed E-state index contributed by atoms with van der Waals surface area (Å²) in [7, 11) is 3.75. The molecule has 0 saturated heterocycles. The van der Waals surface area contributed by atoms with Gasteiger partial charge in [0.05, 0.1) is 0 Å². The molecule has 0 bridgehead atoms. The first-order valence-electron chi connectivity index (χ1n) is 4.78. The molecule has 1 aliphatic carbocycles. The second kappa shape index (κ2) is 43.1. The molecular weight excluding hydrogens is 266 g/mol. The smallest absolute Gasteiger partial charge is 0 e. The molecule has 0 spiro atoms. The fraction of sp³-hybridized carbons (Fsp3) is 0.294. The van der Waals surface area contributed by atoms with Crippen molar-refractivity contribution in [2.24, 2.45) is 0 Å². The molecule has 0 radical (unpaired) electrons. The SMILES string of the molecule is C=CC(C)=CC.CNC.[C-]1=CC=CC1.[CH3-].[CH3-].[CH3-].[CH3-].[Ti]. The van der Waals surface area contributed by atoms with E-state index in [1.165, 1.54) is 5.57 Å². The van der Waals surface area contributed by atoms with Crippen molar-refractivity contribution in [1.82, 2.24) is 5.32 Å². The maximum Gasteiger partial charge on any atom is 0 e. The Kier molecular flexibility index (Phi) is 97.2. The van der Waals surface area contributed by atoms with Gasteiger partial charge in [-0.05, 0) is 27.9 Å². The molecule has 0 saturated carbocycles. The van der Waals surface area contributed by atoms with Crippen molar-refractivity contribution in [3.05, 3.63) is 78.3 Å². The molecule has 116 valence electrons. The van der Waals surface area contributed by atoms with Gasteiger partial charge in [-0.1, -0.05) is 24.3 Å². The van der Waals surface area contributed by atoms with Gasteiger partial charge in [-0.3, -0.25) is 6.08 Å². The number of hydrogen-bond acceptors (Lipinski definition) is 1. The molecule has 0 unspecified atom stereocenters. The van der Waals surface area contributed by atoms with Crippen LogP contribution in [0.4, 0.5) is 0 Å². The van der Waals surface area contributed by atoms with Gasteiger partial charge in [0.1, 0.15) is 0 Å². The molecule has 1 N–H and O–H groups in total. The quantitative estimate of drug-likeness (QED) is 0.404. The monoisotopic (exact) mass is 300 g/mol. The number of allylic oxidation sites excluding steroid dienone is 7. The summed E-state index contributed by atoms with van der Waals surface area (Å²) in [6.07, 6.45) is 13.9. The van der Waals surface area contributed by atoms with E-state index in [0.717, 1.165) is 6.42 Å². The first-order valence-corrected chi connectivity index (χ1v) is 4.78. The minimum absolute atomic E-state index is 0. The van der Waals surface area contributed by atoms with E-state index in [2.05, 4.69) is 24.0 Å². The van der Waals surface area contributed by atoms with E-state index in [1.54, 1.807) is 0 Å². The average Bonchev–Trinajstić information content (AvgIpc) is 2.76. The summed E-state index contributed by atoms with van der Waals surface area (Å²) >= 11 is 0. The summed E-state index contributed by atoms with van der Waals surface area (Å²) in [6, 6.07) is 0. The molecule has 1 rings (SSSR count). The van der Waals surface area contributed by atoms with Gasteiger partial charge < -0.3 is 35.0 Å². The third kappa shape index (κ3) is 57.8. The molecule has 2 heteroatoms. The van der Waals surface area contributed by atoms with E-state index in [0.29, 0.717) is 0 Å². The Bertz CT molecular complexity index is 193. The molecule has 1 nitrogen and oxygen atoms in total. The summed E-state index contributed by atoms with van der Waals surface area (Å²) in [5, 5.41) is 2.75. The Morgan fingerprint density at radius 3 is 1.68 bits per heavy atom.